The summed E-state index contributed by atoms with van der Waals surface area (Å²) in [5, 5.41) is 13.5. The maximum Gasteiger partial charge on any atom is 0.347 e. The molecule has 0 aliphatic rings. The average molecular weight is 521 g/mol. The number of ether oxygens (including phenoxy) is 1. The van der Waals surface area contributed by atoms with Crippen LogP contribution < -0.4 is 10.1 Å². The summed E-state index contributed by atoms with van der Waals surface area (Å²) in [7, 11) is 0. The van der Waals surface area contributed by atoms with E-state index in [1.165, 1.54) is 30.7 Å². The monoisotopic (exact) mass is 520 g/mol. The van der Waals surface area contributed by atoms with E-state index in [-0.39, 0.29) is 5.91 Å². The molecule has 0 radical (unpaired) electrons. The van der Waals surface area contributed by atoms with Gasteiger partial charge in [-0.3, -0.25) is 4.79 Å². The minimum Gasteiger partial charge on any atom is -0.478 e. The molecule has 36 heavy (non-hydrogen) atoms. The second kappa shape index (κ2) is 10.5. The van der Waals surface area contributed by atoms with Gasteiger partial charge < -0.3 is 15.2 Å². The van der Waals surface area contributed by atoms with Crippen LogP contribution in [0.3, 0.4) is 0 Å². The second-order valence-corrected chi connectivity index (χ2v) is 10.1. The Kier molecular flexibility index (Phi) is 7.43. The van der Waals surface area contributed by atoms with Gasteiger partial charge in [0.2, 0.25) is 0 Å². The number of hydrogen-bond donors (Lipinski definition) is 2. The average Bonchev–Trinajstić information content (AvgIpc) is 3.31. The number of carbonyl (C=O) groups is 2. The number of benzene rings is 3. The van der Waals surface area contributed by atoms with E-state index in [1.807, 2.05) is 36.4 Å². The molecular weight excluding hydrogens is 496 g/mol. The van der Waals surface area contributed by atoms with Crippen molar-refractivity contribution in [2.75, 3.05) is 5.32 Å². The Morgan fingerprint density at radius 1 is 0.972 bits per heavy atom. The van der Waals surface area contributed by atoms with Gasteiger partial charge in [-0.1, -0.05) is 42.8 Å². The summed E-state index contributed by atoms with van der Waals surface area (Å²) in [5.41, 5.74) is 2.44. The van der Waals surface area contributed by atoms with Crippen molar-refractivity contribution in [3.63, 3.8) is 0 Å². The summed E-state index contributed by atoms with van der Waals surface area (Å²) in [4.78, 5) is 30.0. The molecule has 0 atom stereocenters. The Bertz CT molecular complexity index is 1380. The molecule has 4 aromatic rings. The van der Waals surface area contributed by atoms with Crippen LogP contribution in [0.1, 0.15) is 36.8 Å². The molecule has 8 heteroatoms. The van der Waals surface area contributed by atoms with Gasteiger partial charge in [-0.2, -0.15) is 0 Å². The van der Waals surface area contributed by atoms with Crippen molar-refractivity contribution in [3.05, 3.63) is 89.1 Å². The van der Waals surface area contributed by atoms with Crippen molar-refractivity contribution in [1.82, 2.24) is 4.98 Å². The molecule has 0 unspecified atom stereocenters. The van der Waals surface area contributed by atoms with E-state index in [2.05, 4.69) is 17.2 Å². The fourth-order valence-electron chi connectivity index (χ4n) is 3.41. The zero-order chi connectivity index (χ0) is 25.9. The van der Waals surface area contributed by atoms with E-state index >= 15 is 0 Å². The number of hydrogen-bond acceptors (Lipinski definition) is 5. The van der Waals surface area contributed by atoms with Crippen LogP contribution in [-0.2, 0) is 11.2 Å². The molecule has 0 aliphatic carbocycles. The smallest absolute Gasteiger partial charge is 0.347 e. The highest BCUT2D eigenvalue weighted by atomic mass is 35.5. The van der Waals surface area contributed by atoms with Gasteiger partial charge in [-0.15, -0.1) is 11.3 Å². The number of thiazole rings is 1. The molecule has 0 saturated carbocycles. The number of anilines is 1. The first-order valence-corrected chi connectivity index (χ1v) is 12.6. The van der Waals surface area contributed by atoms with E-state index in [0.29, 0.717) is 27.2 Å². The van der Waals surface area contributed by atoms with Gasteiger partial charge in [0.1, 0.15) is 16.5 Å². The van der Waals surface area contributed by atoms with Crippen molar-refractivity contribution in [2.24, 2.45) is 0 Å². The largest absolute Gasteiger partial charge is 0.478 e. The lowest BCUT2D eigenvalue weighted by molar-refractivity contribution is -0.152. The van der Waals surface area contributed by atoms with E-state index in [9.17, 15) is 14.7 Å². The fraction of sp³-hybridized carbons (Fsp3) is 0.179. The molecule has 0 saturated heterocycles. The number of nitrogens with one attached hydrogen (secondary N) is 1. The first kappa shape index (κ1) is 25.4. The highest BCUT2D eigenvalue weighted by Gasteiger charge is 2.29. The summed E-state index contributed by atoms with van der Waals surface area (Å²) in [6, 6.07) is 22.0. The molecule has 184 valence electrons. The SMILES string of the molecule is CCc1ccc(NC(=O)c2nc(-c3ccc(OC(C)(C)C(=O)O)cc3)sc2-c2ccc(Cl)cc2)cc1. The fourth-order valence-corrected chi connectivity index (χ4v) is 4.61. The molecule has 4 rings (SSSR count). The summed E-state index contributed by atoms with van der Waals surface area (Å²) >= 11 is 7.47. The zero-order valence-corrected chi connectivity index (χ0v) is 21.6. The van der Waals surface area contributed by atoms with Crippen molar-refractivity contribution in [1.29, 1.82) is 0 Å². The summed E-state index contributed by atoms with van der Waals surface area (Å²) < 4.78 is 5.59. The number of aromatic nitrogens is 1. The van der Waals surface area contributed by atoms with Gasteiger partial charge in [-0.05, 0) is 79.9 Å². The van der Waals surface area contributed by atoms with Crippen molar-refractivity contribution >= 4 is 40.5 Å². The van der Waals surface area contributed by atoms with Gasteiger partial charge in [0, 0.05) is 16.3 Å². The molecule has 0 spiro atoms. The Morgan fingerprint density at radius 3 is 2.17 bits per heavy atom. The van der Waals surface area contributed by atoms with Crippen molar-refractivity contribution in [2.45, 2.75) is 32.8 Å². The minimum atomic E-state index is -1.36. The van der Waals surface area contributed by atoms with Crippen molar-refractivity contribution in [3.8, 4) is 26.8 Å². The highest BCUT2D eigenvalue weighted by Crippen LogP contribution is 2.37. The van der Waals surface area contributed by atoms with Crippen LogP contribution in [-0.4, -0.2) is 27.6 Å². The molecule has 1 heterocycles. The Labute approximate surface area is 218 Å². The van der Waals surface area contributed by atoms with Gasteiger partial charge >= 0.3 is 5.97 Å². The maximum absolute atomic E-state index is 13.3. The van der Waals surface area contributed by atoms with Crippen LogP contribution >= 0.6 is 22.9 Å². The van der Waals surface area contributed by atoms with E-state index in [4.69, 9.17) is 16.3 Å². The molecule has 0 aliphatic heterocycles. The maximum atomic E-state index is 13.3. The molecule has 2 N–H and O–H groups in total. The first-order valence-electron chi connectivity index (χ1n) is 11.4. The number of aliphatic carboxylic acids is 1. The molecule has 1 amide bonds. The number of nitrogens with zero attached hydrogens (tertiary/aromatic N) is 1. The molecule has 3 aromatic carbocycles. The first-order chi connectivity index (χ1) is 17.2. The van der Waals surface area contributed by atoms with Gasteiger partial charge in [0.05, 0.1) is 4.88 Å². The number of carboxylic acid groups (broad SMARTS) is 1. The highest BCUT2D eigenvalue weighted by molar-refractivity contribution is 7.18. The number of carbonyl (C=O) groups excluding carboxylic acids is 1. The number of carboxylic acids is 1. The summed E-state index contributed by atoms with van der Waals surface area (Å²) in [6.45, 7) is 5.06. The van der Waals surface area contributed by atoms with Crippen molar-refractivity contribution < 1.29 is 19.4 Å². The Balaban J connectivity index is 1.66. The third kappa shape index (κ3) is 5.75. The van der Waals surface area contributed by atoms with Crippen LogP contribution in [0.2, 0.25) is 5.02 Å². The predicted molar refractivity (Wildman–Crippen MR) is 144 cm³/mol. The number of aryl methyl sites for hydroxylation is 1. The standard InChI is InChI=1S/C28H25ClN2O4S/c1-4-17-5-13-21(14-6-17)30-25(32)23-24(18-7-11-20(29)12-8-18)36-26(31-23)19-9-15-22(16-10-19)35-28(2,3)27(33)34/h5-16H,4H2,1-3H3,(H,30,32)(H,33,34). The van der Waals surface area contributed by atoms with Gasteiger partial charge in [0.15, 0.2) is 5.60 Å². The number of amides is 1. The third-order valence-corrected chi connectivity index (χ3v) is 6.96. The molecule has 0 bridgehead atoms. The van der Waals surface area contributed by atoms with E-state index in [0.717, 1.165) is 22.4 Å². The second-order valence-electron chi connectivity index (χ2n) is 8.65. The lowest BCUT2D eigenvalue weighted by Gasteiger charge is -2.21. The van der Waals surface area contributed by atoms with Crippen LogP contribution in [0.15, 0.2) is 72.8 Å². The van der Waals surface area contributed by atoms with E-state index < -0.39 is 11.6 Å². The van der Waals surface area contributed by atoms with Crippen LogP contribution in [0.4, 0.5) is 5.69 Å². The van der Waals surface area contributed by atoms with Crippen LogP contribution in [0.5, 0.6) is 5.75 Å². The lowest BCUT2D eigenvalue weighted by atomic mass is 10.1. The van der Waals surface area contributed by atoms with Crippen LogP contribution in [0.25, 0.3) is 21.0 Å². The zero-order valence-electron chi connectivity index (χ0n) is 20.0. The lowest BCUT2D eigenvalue weighted by Crippen LogP contribution is -2.37. The summed E-state index contributed by atoms with van der Waals surface area (Å²) in [5.74, 6) is -0.942. The normalized spacial score (nSPS) is 11.2. The predicted octanol–water partition coefficient (Wildman–Crippen LogP) is 7.19. The quantitative estimate of drug-likeness (QED) is 0.257. The Morgan fingerprint density at radius 2 is 1.58 bits per heavy atom. The number of rotatable bonds is 8. The molecule has 1 aromatic heterocycles. The van der Waals surface area contributed by atoms with Gasteiger partial charge in [-0.25, -0.2) is 9.78 Å². The van der Waals surface area contributed by atoms with Gasteiger partial charge in [0.25, 0.3) is 5.91 Å². The molecular formula is C28H25ClN2O4S. The summed E-state index contributed by atoms with van der Waals surface area (Å²) in [6.07, 6.45) is 0.919. The molecule has 6 nitrogen and oxygen atoms in total. The minimum absolute atomic E-state index is 0.309. The number of halogens is 1. The van der Waals surface area contributed by atoms with E-state index in [1.54, 1.807) is 36.4 Å². The topological polar surface area (TPSA) is 88.5 Å². The Hall–Kier alpha value is -3.68. The third-order valence-electron chi connectivity index (χ3n) is 5.56. The van der Waals surface area contributed by atoms with Crippen LogP contribution in [0, 0.1) is 0 Å². The molecule has 0 fully saturated rings.